The molecule has 1 rings (SSSR count). The number of nitrogen functional groups attached to an aromatic ring is 1. The van der Waals surface area contributed by atoms with Crippen molar-refractivity contribution in [2.24, 2.45) is 5.41 Å². The van der Waals surface area contributed by atoms with E-state index in [1.165, 1.54) is 0 Å². The van der Waals surface area contributed by atoms with Gasteiger partial charge in [0, 0.05) is 13.1 Å². The number of nitrogens with two attached hydrogens (primary N) is 1. The lowest BCUT2D eigenvalue weighted by atomic mass is 9.87. The summed E-state index contributed by atoms with van der Waals surface area (Å²) in [6.45, 7) is 10.2. The normalized spacial score (nSPS) is 13.2. The van der Waals surface area contributed by atoms with E-state index in [-0.39, 0.29) is 17.4 Å². The monoisotopic (exact) mass is 249 g/mol. The Morgan fingerprint density at radius 1 is 1.44 bits per heavy atom. The molecule has 0 saturated heterocycles. The second-order valence-electron chi connectivity index (χ2n) is 5.86. The van der Waals surface area contributed by atoms with Crippen molar-refractivity contribution >= 4 is 11.6 Å². The smallest absolute Gasteiger partial charge is 0.255 e. The first-order valence-corrected chi connectivity index (χ1v) is 6.14. The summed E-state index contributed by atoms with van der Waals surface area (Å²) < 4.78 is 0. The third-order valence-corrected chi connectivity index (χ3v) is 3.49. The molecule has 0 spiro atoms. The highest BCUT2D eigenvalue weighted by molar-refractivity contribution is 5.96. The zero-order chi connectivity index (χ0) is 14.1. The Balaban J connectivity index is 3.04. The maximum atomic E-state index is 12.4. The van der Waals surface area contributed by atoms with Gasteiger partial charge < -0.3 is 10.6 Å². The van der Waals surface area contributed by atoms with Crippen LogP contribution in [-0.2, 0) is 0 Å². The predicted molar refractivity (Wildman–Crippen MR) is 74.4 cm³/mol. The standard InChI is InChI=1S/C14H23N3O/c1-9-12(7-11(15)8-16-9)13(18)17(6)10(2)14(3,4)5/h7-8,10H,15H2,1-6H3. The molecule has 1 heterocycles. The number of aryl methyl sites for hydroxylation is 1. The summed E-state index contributed by atoms with van der Waals surface area (Å²) >= 11 is 0. The molecule has 0 aromatic carbocycles. The number of nitrogens with zero attached hydrogens (tertiary/aromatic N) is 2. The maximum Gasteiger partial charge on any atom is 0.255 e. The molecule has 1 aromatic rings. The summed E-state index contributed by atoms with van der Waals surface area (Å²) in [5.74, 6) is -0.0327. The summed E-state index contributed by atoms with van der Waals surface area (Å²) in [5, 5.41) is 0. The molecule has 18 heavy (non-hydrogen) atoms. The molecule has 0 fully saturated rings. The lowest BCUT2D eigenvalue weighted by molar-refractivity contribution is 0.0628. The van der Waals surface area contributed by atoms with Crippen molar-refractivity contribution in [3.8, 4) is 0 Å². The first-order valence-electron chi connectivity index (χ1n) is 6.14. The first-order chi connectivity index (χ1) is 8.14. The molecule has 4 nitrogen and oxygen atoms in total. The Morgan fingerprint density at radius 2 is 2.00 bits per heavy atom. The summed E-state index contributed by atoms with van der Waals surface area (Å²) in [7, 11) is 1.82. The van der Waals surface area contributed by atoms with Gasteiger partial charge in [-0.15, -0.1) is 0 Å². The molecule has 100 valence electrons. The number of amides is 1. The molecular weight excluding hydrogens is 226 g/mol. The average Bonchev–Trinajstić information content (AvgIpc) is 2.28. The lowest BCUT2D eigenvalue weighted by Crippen LogP contribution is -2.43. The molecule has 0 radical (unpaired) electrons. The van der Waals surface area contributed by atoms with Crippen molar-refractivity contribution < 1.29 is 4.79 Å². The van der Waals surface area contributed by atoms with Gasteiger partial charge in [0.15, 0.2) is 0 Å². The predicted octanol–water partition coefficient (Wildman–Crippen LogP) is 2.48. The van der Waals surface area contributed by atoms with Gasteiger partial charge in [-0.05, 0) is 25.3 Å². The number of aromatic nitrogens is 1. The minimum absolute atomic E-state index is 0.0327. The fourth-order valence-corrected chi connectivity index (χ4v) is 1.71. The second-order valence-corrected chi connectivity index (χ2v) is 5.86. The van der Waals surface area contributed by atoms with Crippen molar-refractivity contribution in [3.05, 3.63) is 23.5 Å². The van der Waals surface area contributed by atoms with E-state index in [9.17, 15) is 4.79 Å². The SMILES string of the molecule is Cc1ncc(N)cc1C(=O)N(C)C(C)C(C)(C)C. The minimum atomic E-state index is -0.0327. The van der Waals surface area contributed by atoms with E-state index in [1.54, 1.807) is 17.2 Å². The Kier molecular flexibility index (Phi) is 3.99. The van der Waals surface area contributed by atoms with Gasteiger partial charge in [-0.1, -0.05) is 20.8 Å². The van der Waals surface area contributed by atoms with E-state index >= 15 is 0 Å². The number of pyridine rings is 1. The van der Waals surface area contributed by atoms with Gasteiger partial charge in [0.05, 0.1) is 23.1 Å². The fraction of sp³-hybridized carbons (Fsp3) is 0.571. The van der Waals surface area contributed by atoms with Gasteiger partial charge in [0.1, 0.15) is 0 Å². The van der Waals surface area contributed by atoms with Crippen LogP contribution in [0.2, 0.25) is 0 Å². The Morgan fingerprint density at radius 3 is 2.50 bits per heavy atom. The number of hydrogen-bond acceptors (Lipinski definition) is 3. The Labute approximate surface area is 109 Å². The summed E-state index contributed by atoms with van der Waals surface area (Å²) in [4.78, 5) is 18.3. The number of carbonyl (C=O) groups is 1. The van der Waals surface area contributed by atoms with E-state index in [0.29, 0.717) is 16.9 Å². The second kappa shape index (κ2) is 4.96. The first kappa shape index (κ1) is 14.5. The third kappa shape index (κ3) is 3.00. The maximum absolute atomic E-state index is 12.4. The topological polar surface area (TPSA) is 59.2 Å². The zero-order valence-corrected chi connectivity index (χ0v) is 12.1. The van der Waals surface area contributed by atoms with Crippen molar-refractivity contribution in [3.63, 3.8) is 0 Å². The van der Waals surface area contributed by atoms with Crippen molar-refractivity contribution in [1.82, 2.24) is 9.88 Å². The minimum Gasteiger partial charge on any atom is -0.397 e. The molecular formula is C14H23N3O. The van der Waals surface area contributed by atoms with Crippen LogP contribution >= 0.6 is 0 Å². The zero-order valence-electron chi connectivity index (χ0n) is 12.1. The average molecular weight is 249 g/mol. The molecule has 1 aromatic heterocycles. The molecule has 0 aliphatic carbocycles. The van der Waals surface area contributed by atoms with Crippen LogP contribution in [0.3, 0.4) is 0 Å². The summed E-state index contributed by atoms with van der Waals surface area (Å²) in [6.07, 6.45) is 1.57. The van der Waals surface area contributed by atoms with E-state index < -0.39 is 0 Å². The highest BCUT2D eigenvalue weighted by atomic mass is 16.2. The van der Waals surface area contributed by atoms with Crippen LogP contribution in [-0.4, -0.2) is 28.9 Å². The molecule has 0 bridgehead atoms. The van der Waals surface area contributed by atoms with Crippen LogP contribution in [0, 0.1) is 12.3 Å². The van der Waals surface area contributed by atoms with Gasteiger partial charge in [-0.2, -0.15) is 0 Å². The van der Waals surface area contributed by atoms with Gasteiger partial charge in [-0.25, -0.2) is 0 Å². The number of rotatable bonds is 2. The highest BCUT2D eigenvalue weighted by Gasteiger charge is 2.28. The molecule has 1 atom stereocenters. The molecule has 0 saturated carbocycles. The van der Waals surface area contributed by atoms with Crippen LogP contribution in [0.25, 0.3) is 0 Å². The quantitative estimate of drug-likeness (QED) is 0.876. The number of carbonyl (C=O) groups excluding carboxylic acids is 1. The fourth-order valence-electron chi connectivity index (χ4n) is 1.71. The molecule has 1 unspecified atom stereocenters. The van der Waals surface area contributed by atoms with E-state index in [4.69, 9.17) is 5.73 Å². The summed E-state index contributed by atoms with van der Waals surface area (Å²) in [6, 6.07) is 1.82. The molecule has 0 aliphatic heterocycles. The van der Waals surface area contributed by atoms with Crippen LogP contribution in [0.15, 0.2) is 12.3 Å². The number of anilines is 1. The highest BCUT2D eigenvalue weighted by Crippen LogP contribution is 2.24. The molecule has 4 heteroatoms. The summed E-state index contributed by atoms with van der Waals surface area (Å²) in [5.41, 5.74) is 7.53. The van der Waals surface area contributed by atoms with Crippen molar-refractivity contribution in [1.29, 1.82) is 0 Å². The van der Waals surface area contributed by atoms with E-state index in [1.807, 2.05) is 20.9 Å². The van der Waals surface area contributed by atoms with Crippen LogP contribution in [0.5, 0.6) is 0 Å². The van der Waals surface area contributed by atoms with Gasteiger partial charge in [-0.3, -0.25) is 9.78 Å². The largest absolute Gasteiger partial charge is 0.397 e. The Hall–Kier alpha value is -1.58. The molecule has 0 aliphatic rings. The lowest BCUT2D eigenvalue weighted by Gasteiger charge is -2.35. The van der Waals surface area contributed by atoms with Crippen molar-refractivity contribution in [2.45, 2.75) is 40.7 Å². The van der Waals surface area contributed by atoms with Gasteiger partial charge in [0.2, 0.25) is 0 Å². The number of hydrogen-bond donors (Lipinski definition) is 1. The van der Waals surface area contributed by atoms with Crippen LogP contribution < -0.4 is 5.73 Å². The van der Waals surface area contributed by atoms with Crippen LogP contribution in [0.4, 0.5) is 5.69 Å². The van der Waals surface area contributed by atoms with Crippen molar-refractivity contribution in [2.75, 3.05) is 12.8 Å². The van der Waals surface area contributed by atoms with Gasteiger partial charge in [0.25, 0.3) is 5.91 Å². The van der Waals surface area contributed by atoms with Gasteiger partial charge >= 0.3 is 0 Å². The third-order valence-electron chi connectivity index (χ3n) is 3.49. The Bertz CT molecular complexity index is 449. The van der Waals surface area contributed by atoms with Crippen LogP contribution in [0.1, 0.15) is 43.7 Å². The van der Waals surface area contributed by atoms with E-state index in [0.717, 1.165) is 0 Å². The van der Waals surface area contributed by atoms with E-state index in [2.05, 4.69) is 25.8 Å². The molecule has 1 amide bonds. The molecule has 2 N–H and O–H groups in total.